The number of likely N-dealkylation sites (N-methyl/N-ethyl adjacent to an activating group) is 2. The number of aliphatic carboxylic acids is 1. The summed E-state index contributed by atoms with van der Waals surface area (Å²) in [4.78, 5) is 10.1. The number of carboxylic acids is 1. The van der Waals surface area contributed by atoms with Gasteiger partial charge in [0.15, 0.2) is 0 Å². The lowest BCUT2D eigenvalue weighted by Gasteiger charge is -2.25. The van der Waals surface area contributed by atoms with Crippen molar-refractivity contribution < 1.29 is 41.1 Å². The second-order valence-corrected chi connectivity index (χ2v) is 8.08. The minimum absolute atomic E-state index is 0.00231. The minimum atomic E-state index is -4.26. The van der Waals surface area contributed by atoms with Crippen LogP contribution in [0.5, 0.6) is 0 Å². The first-order valence-electron chi connectivity index (χ1n) is 6.64. The lowest BCUT2D eigenvalue weighted by molar-refractivity contribution is -0.873. The average Bonchev–Trinajstić information content (AvgIpc) is 2.07. The van der Waals surface area contributed by atoms with Crippen LogP contribution in [0.2, 0.25) is 0 Å². The van der Waals surface area contributed by atoms with Crippen LogP contribution in [-0.4, -0.2) is 106 Å². The molecule has 10 heteroatoms. The van der Waals surface area contributed by atoms with Crippen LogP contribution in [0.4, 0.5) is 0 Å². The Morgan fingerprint density at radius 1 is 1.09 bits per heavy atom. The molecular weight excluding hydrogens is 316 g/mol. The van der Waals surface area contributed by atoms with Crippen LogP contribution in [-0.2, 0) is 19.4 Å². The van der Waals surface area contributed by atoms with Gasteiger partial charge in [0.1, 0.15) is 25.8 Å². The van der Waals surface area contributed by atoms with Gasteiger partial charge >= 0.3 is 16.4 Å². The number of carboxylic acid groups (broad SMARTS) is 1. The summed E-state index contributed by atoms with van der Waals surface area (Å²) in [5.41, 5.74) is 0. The van der Waals surface area contributed by atoms with Crippen LogP contribution in [0, 0.1) is 0 Å². The van der Waals surface area contributed by atoms with Crippen LogP contribution in [0.15, 0.2) is 0 Å². The molecule has 0 aliphatic heterocycles. The van der Waals surface area contributed by atoms with Crippen LogP contribution < -0.4 is 0 Å². The maximum Gasteiger partial charge on any atom is 0.397 e. The SMILES string of the molecule is C[N+](C)(C)CC(O)CC(=O)O.C[N+](C)(C)CCOS(=O)(=O)O. The topological polar surface area (TPSA) is 121 Å². The van der Waals surface area contributed by atoms with Gasteiger partial charge in [0.25, 0.3) is 0 Å². The second-order valence-electron chi connectivity index (χ2n) is 6.99. The zero-order valence-electron chi connectivity index (χ0n) is 14.2. The number of aliphatic hydroxyl groups is 1. The van der Waals surface area contributed by atoms with Gasteiger partial charge < -0.3 is 19.2 Å². The van der Waals surface area contributed by atoms with E-state index >= 15 is 0 Å². The van der Waals surface area contributed by atoms with Gasteiger partial charge in [0.05, 0.1) is 48.7 Å². The molecule has 0 aromatic carbocycles. The van der Waals surface area contributed by atoms with Crippen molar-refractivity contribution in [3.63, 3.8) is 0 Å². The molecule has 0 fully saturated rings. The molecule has 3 N–H and O–H groups in total. The summed E-state index contributed by atoms with van der Waals surface area (Å²) >= 11 is 0. The lowest BCUT2D eigenvalue weighted by atomic mass is 10.2. The van der Waals surface area contributed by atoms with E-state index in [1.54, 1.807) is 0 Å². The Kier molecular flexibility index (Phi) is 10.0. The van der Waals surface area contributed by atoms with Gasteiger partial charge in [-0.2, -0.15) is 8.42 Å². The summed E-state index contributed by atoms with van der Waals surface area (Å²) < 4.78 is 33.5. The fourth-order valence-corrected chi connectivity index (χ4v) is 1.60. The third-order valence-corrected chi connectivity index (χ3v) is 2.63. The highest BCUT2D eigenvalue weighted by Crippen LogP contribution is 1.98. The molecule has 0 aromatic heterocycles. The second kappa shape index (κ2) is 9.38. The molecule has 134 valence electrons. The van der Waals surface area contributed by atoms with Crippen LogP contribution in [0.25, 0.3) is 0 Å². The van der Waals surface area contributed by atoms with E-state index < -0.39 is 22.5 Å². The first-order chi connectivity index (χ1) is 9.52. The van der Waals surface area contributed by atoms with Gasteiger partial charge in [-0.05, 0) is 0 Å². The molecule has 0 heterocycles. The molecule has 0 bridgehead atoms. The van der Waals surface area contributed by atoms with E-state index in [2.05, 4.69) is 4.18 Å². The molecular formula is C12H30N2O7S+2. The van der Waals surface area contributed by atoms with Crippen molar-refractivity contribution in [1.29, 1.82) is 0 Å². The molecule has 22 heavy (non-hydrogen) atoms. The highest BCUT2D eigenvalue weighted by molar-refractivity contribution is 7.80. The summed E-state index contributed by atoms with van der Waals surface area (Å²) in [5.74, 6) is -0.953. The normalized spacial score (nSPS) is 14.0. The maximum absolute atomic E-state index is 10.1. The van der Waals surface area contributed by atoms with Gasteiger partial charge in [-0.3, -0.25) is 9.35 Å². The molecule has 0 spiro atoms. The first kappa shape index (κ1) is 23.5. The number of aliphatic hydroxyl groups excluding tert-OH is 1. The summed E-state index contributed by atoms with van der Waals surface area (Å²) in [6, 6.07) is 0. The van der Waals surface area contributed by atoms with E-state index in [9.17, 15) is 13.2 Å². The number of rotatable bonds is 8. The van der Waals surface area contributed by atoms with E-state index in [4.69, 9.17) is 14.8 Å². The standard InChI is InChI=1S/C7H15NO3.C5H13NO4S/c1-8(2,3)5-6(9)4-7(10)11;1-6(2,3)4-5-10-11(7,8)9/h6,9H,4-5H2,1-3H3;4-5H2,1-3H3/p+2. The van der Waals surface area contributed by atoms with Crippen LogP contribution in [0.1, 0.15) is 6.42 Å². The summed E-state index contributed by atoms with van der Waals surface area (Å²) in [5, 5.41) is 17.5. The van der Waals surface area contributed by atoms with Crippen molar-refractivity contribution in [1.82, 2.24) is 0 Å². The van der Waals surface area contributed by atoms with E-state index in [-0.39, 0.29) is 13.0 Å². The minimum Gasteiger partial charge on any atom is -0.481 e. The van der Waals surface area contributed by atoms with Crippen molar-refractivity contribution in [2.75, 3.05) is 62.0 Å². The molecule has 9 nitrogen and oxygen atoms in total. The maximum atomic E-state index is 10.1. The first-order valence-corrected chi connectivity index (χ1v) is 8.01. The van der Waals surface area contributed by atoms with Crippen LogP contribution >= 0.6 is 0 Å². The van der Waals surface area contributed by atoms with Crippen molar-refractivity contribution in [2.45, 2.75) is 12.5 Å². The number of hydrogen-bond donors (Lipinski definition) is 3. The molecule has 0 saturated carbocycles. The number of nitrogens with zero attached hydrogens (tertiary/aromatic N) is 2. The highest BCUT2D eigenvalue weighted by Gasteiger charge is 2.17. The Balaban J connectivity index is 0. The van der Waals surface area contributed by atoms with Crippen molar-refractivity contribution in [3.8, 4) is 0 Å². The summed E-state index contributed by atoms with van der Waals surface area (Å²) in [6.07, 6.45) is -0.914. The predicted molar refractivity (Wildman–Crippen MR) is 81.6 cm³/mol. The van der Waals surface area contributed by atoms with Crippen molar-refractivity contribution in [3.05, 3.63) is 0 Å². The van der Waals surface area contributed by atoms with E-state index in [0.29, 0.717) is 22.1 Å². The fraction of sp³-hybridized carbons (Fsp3) is 0.917. The number of quaternary nitrogens is 2. The Morgan fingerprint density at radius 3 is 1.82 bits per heavy atom. The largest absolute Gasteiger partial charge is 0.481 e. The van der Waals surface area contributed by atoms with Crippen molar-refractivity contribution >= 4 is 16.4 Å². The predicted octanol–water partition coefficient (Wildman–Crippen LogP) is -0.960. The Hall–Kier alpha value is -0.780. The average molecular weight is 346 g/mol. The van der Waals surface area contributed by atoms with Gasteiger partial charge in [-0.25, -0.2) is 4.18 Å². The van der Waals surface area contributed by atoms with Crippen LogP contribution in [0.3, 0.4) is 0 Å². The molecule has 0 aliphatic rings. The highest BCUT2D eigenvalue weighted by atomic mass is 32.3. The zero-order valence-corrected chi connectivity index (χ0v) is 15.0. The Labute approximate surface area is 132 Å². The smallest absolute Gasteiger partial charge is 0.397 e. The summed E-state index contributed by atoms with van der Waals surface area (Å²) in [7, 11) is 7.16. The van der Waals surface area contributed by atoms with Gasteiger partial charge in [-0.15, -0.1) is 0 Å². The molecule has 0 saturated heterocycles. The van der Waals surface area contributed by atoms with E-state index in [0.717, 1.165) is 0 Å². The monoisotopic (exact) mass is 346 g/mol. The zero-order chi connectivity index (χ0) is 18.2. The quantitative estimate of drug-likeness (QED) is 0.382. The van der Waals surface area contributed by atoms with E-state index in [1.807, 2.05) is 42.3 Å². The number of hydrogen-bond acceptors (Lipinski definition) is 5. The Bertz CT molecular complexity index is 424. The van der Waals surface area contributed by atoms with Gasteiger partial charge in [0, 0.05) is 0 Å². The summed E-state index contributed by atoms with van der Waals surface area (Å²) in [6.45, 7) is 0.994. The third-order valence-electron chi connectivity index (χ3n) is 2.16. The van der Waals surface area contributed by atoms with Gasteiger partial charge in [-0.1, -0.05) is 0 Å². The van der Waals surface area contributed by atoms with Gasteiger partial charge in [0.2, 0.25) is 0 Å². The third kappa shape index (κ3) is 24.3. The molecule has 1 unspecified atom stereocenters. The lowest BCUT2D eigenvalue weighted by Crippen LogP contribution is -2.42. The molecule has 1 atom stereocenters. The fourth-order valence-electron chi connectivity index (χ4n) is 1.31. The molecule has 0 radical (unpaired) electrons. The van der Waals surface area contributed by atoms with Crippen molar-refractivity contribution in [2.24, 2.45) is 0 Å². The Morgan fingerprint density at radius 2 is 1.55 bits per heavy atom. The van der Waals surface area contributed by atoms with E-state index in [1.165, 1.54) is 0 Å². The molecule has 0 amide bonds. The molecule has 0 aromatic rings. The molecule has 0 rings (SSSR count). The molecule has 0 aliphatic carbocycles. The number of carbonyl (C=O) groups is 1.